The molecule has 46 heavy (non-hydrogen) atoms. The van der Waals surface area contributed by atoms with Gasteiger partial charge >= 0.3 is 0 Å². The zero-order chi connectivity index (χ0) is 33.8. The van der Waals surface area contributed by atoms with Crippen molar-refractivity contribution in [2.24, 2.45) is 0 Å². The Morgan fingerprint density at radius 3 is 1.02 bits per heavy atom. The summed E-state index contributed by atoms with van der Waals surface area (Å²) in [4.78, 5) is 56.5. The molecule has 0 saturated carbocycles. The Labute approximate surface area is 261 Å². The van der Waals surface area contributed by atoms with Crippen LogP contribution >= 0.6 is 0 Å². The van der Waals surface area contributed by atoms with Gasteiger partial charge in [0.15, 0.2) is 56.5 Å². The lowest BCUT2D eigenvalue weighted by Crippen LogP contribution is -2.18. The molecule has 0 aliphatic carbocycles. The van der Waals surface area contributed by atoms with Gasteiger partial charge in [-0.25, -0.2) is 0 Å². The van der Waals surface area contributed by atoms with Gasteiger partial charge in [-0.05, 0) is 39.8 Å². The predicted molar refractivity (Wildman–Crippen MR) is 173 cm³/mol. The van der Waals surface area contributed by atoms with Crippen LogP contribution in [0, 0.1) is 27.7 Å². The monoisotopic (exact) mass is 632 g/mol. The lowest BCUT2D eigenvalue weighted by molar-refractivity contribution is 0.353. The van der Waals surface area contributed by atoms with Gasteiger partial charge in [0, 0.05) is 33.0 Å². The minimum atomic E-state index is -0.744. The van der Waals surface area contributed by atoms with E-state index >= 15 is 0 Å². The molecule has 5 aromatic rings. The first-order valence-electron chi connectivity index (χ1n) is 14.0. The molecule has 12 heteroatoms. The molecule has 12 nitrogen and oxygen atoms in total. The van der Waals surface area contributed by atoms with E-state index in [0.717, 1.165) is 0 Å². The molecular formula is C34H32O12. The molecule has 1 heterocycles. The summed E-state index contributed by atoms with van der Waals surface area (Å²) in [6, 6.07) is 2.88. The van der Waals surface area contributed by atoms with E-state index in [-0.39, 0.29) is 78.3 Å². The molecule has 240 valence electrons. The normalized spacial score (nSPS) is 11.2. The maximum absolute atomic E-state index is 14.2. The van der Waals surface area contributed by atoms with Gasteiger partial charge < -0.3 is 37.3 Å². The van der Waals surface area contributed by atoms with Crippen molar-refractivity contribution in [3.63, 3.8) is 0 Å². The van der Waals surface area contributed by atoms with E-state index < -0.39 is 32.9 Å². The van der Waals surface area contributed by atoms with E-state index in [1.165, 1.54) is 68.6 Å². The summed E-state index contributed by atoms with van der Waals surface area (Å²) in [5.41, 5.74) is -3.05. The number of rotatable bonds is 6. The Morgan fingerprint density at radius 1 is 0.413 bits per heavy atom. The number of methoxy groups -OCH3 is 6. The van der Waals surface area contributed by atoms with Crippen LogP contribution in [0.25, 0.3) is 43.9 Å². The second-order valence-corrected chi connectivity index (χ2v) is 10.5. The molecule has 0 atom stereocenters. The van der Waals surface area contributed by atoms with Crippen LogP contribution in [0.2, 0.25) is 0 Å². The van der Waals surface area contributed by atoms with Crippen LogP contribution in [0.1, 0.15) is 22.3 Å². The van der Waals surface area contributed by atoms with Crippen LogP contribution in [-0.4, -0.2) is 42.7 Å². The fraction of sp³-hybridized carbons (Fsp3) is 0.294. The van der Waals surface area contributed by atoms with Crippen LogP contribution in [0.15, 0.2) is 40.1 Å². The van der Waals surface area contributed by atoms with Crippen LogP contribution in [-0.2, 0) is 0 Å². The molecular weight excluding hydrogens is 600 g/mol. The highest BCUT2D eigenvalue weighted by Crippen LogP contribution is 2.41. The summed E-state index contributed by atoms with van der Waals surface area (Å²) in [5.74, 6) is 0.377. The smallest absolute Gasteiger partial charge is 0.263 e. The molecule has 0 bridgehead atoms. The van der Waals surface area contributed by atoms with Gasteiger partial charge in [0.25, 0.3) is 10.9 Å². The van der Waals surface area contributed by atoms with E-state index in [9.17, 15) is 19.2 Å². The first kappa shape index (κ1) is 31.9. The van der Waals surface area contributed by atoms with Crippen molar-refractivity contribution < 1.29 is 37.3 Å². The van der Waals surface area contributed by atoms with Crippen LogP contribution in [0.5, 0.6) is 34.5 Å². The van der Waals surface area contributed by atoms with E-state index in [1.54, 1.807) is 13.8 Å². The molecule has 0 amide bonds. The number of fused-ring (bicyclic) bond motifs is 6. The zero-order valence-electron chi connectivity index (χ0n) is 27.1. The molecule has 1 aromatic heterocycles. The summed E-state index contributed by atoms with van der Waals surface area (Å²) < 4.78 is 46.0. The summed E-state index contributed by atoms with van der Waals surface area (Å²) in [7, 11) is 8.16. The molecule has 0 aliphatic heterocycles. The maximum atomic E-state index is 14.2. The Morgan fingerprint density at radius 2 is 0.739 bits per heavy atom. The first-order valence-corrected chi connectivity index (χ1v) is 14.0. The summed E-state index contributed by atoms with van der Waals surface area (Å²) in [6.07, 6.45) is 0. The van der Waals surface area contributed by atoms with Crippen molar-refractivity contribution in [1.82, 2.24) is 0 Å². The van der Waals surface area contributed by atoms with Crippen LogP contribution in [0.4, 0.5) is 0 Å². The quantitative estimate of drug-likeness (QED) is 0.254. The fourth-order valence-corrected chi connectivity index (χ4v) is 5.89. The minimum absolute atomic E-state index is 0.0126. The Kier molecular flexibility index (Phi) is 8.16. The van der Waals surface area contributed by atoms with Gasteiger partial charge in [-0.2, -0.15) is 0 Å². The zero-order valence-corrected chi connectivity index (χ0v) is 27.1. The molecule has 5 rings (SSSR count). The Hall–Kier alpha value is -5.52. The molecule has 0 saturated heterocycles. The minimum Gasteiger partial charge on any atom is -0.493 e. The van der Waals surface area contributed by atoms with E-state index in [4.69, 9.17) is 37.3 Å². The third-order valence-corrected chi connectivity index (χ3v) is 8.15. The number of hydrogen-bond donors (Lipinski definition) is 0. The topological polar surface area (TPSA) is 150 Å². The lowest BCUT2D eigenvalue weighted by Gasteiger charge is -2.15. The highest BCUT2D eigenvalue weighted by molar-refractivity contribution is 6.08. The third-order valence-electron chi connectivity index (χ3n) is 8.15. The van der Waals surface area contributed by atoms with Crippen molar-refractivity contribution >= 4 is 43.9 Å². The summed E-state index contributed by atoms with van der Waals surface area (Å²) >= 11 is 0. The third kappa shape index (κ3) is 4.43. The van der Waals surface area contributed by atoms with Gasteiger partial charge in [0.2, 0.25) is 0 Å². The Bertz CT molecular complexity index is 2230. The number of hydrogen-bond acceptors (Lipinski definition) is 12. The van der Waals surface area contributed by atoms with Gasteiger partial charge in [-0.15, -0.1) is 0 Å². The summed E-state index contributed by atoms with van der Waals surface area (Å²) in [6.45, 7) is 6.13. The first-order chi connectivity index (χ1) is 21.9. The van der Waals surface area contributed by atoms with Gasteiger partial charge in [-0.3, -0.25) is 19.2 Å². The van der Waals surface area contributed by atoms with Crippen molar-refractivity contribution in [3.05, 3.63) is 75.3 Å². The van der Waals surface area contributed by atoms with Gasteiger partial charge in [-0.1, -0.05) is 0 Å². The summed E-state index contributed by atoms with van der Waals surface area (Å²) in [5, 5.41) is -0.312. The average molecular weight is 633 g/mol. The molecule has 0 radical (unpaired) electrons. The molecule has 0 N–H and O–H groups in total. The van der Waals surface area contributed by atoms with Crippen LogP contribution in [0.3, 0.4) is 0 Å². The second-order valence-electron chi connectivity index (χ2n) is 10.5. The maximum Gasteiger partial charge on any atom is 0.263 e. The standard InChI is InChI=1S/C34H32O12/c1-13-23(35)21-17-11-19(39-5)29(41-7)15(3)27(17)46-34-22(24(36)14(2)32(44-10)26(34)38)18-12-20(40-6)30(42-8)16(4)28(18)45-33(21)25(37)31(13)43-9/h11-12H,1-10H3. The predicted octanol–water partition coefficient (Wildman–Crippen LogP) is 4.77. The van der Waals surface area contributed by atoms with Crippen molar-refractivity contribution in [1.29, 1.82) is 0 Å². The number of ether oxygens (including phenoxy) is 6. The van der Waals surface area contributed by atoms with Crippen molar-refractivity contribution in [3.8, 4) is 34.5 Å². The van der Waals surface area contributed by atoms with Crippen LogP contribution < -0.4 is 50.1 Å². The second kappa shape index (κ2) is 11.8. The van der Waals surface area contributed by atoms with E-state index in [2.05, 4.69) is 0 Å². The average Bonchev–Trinajstić information content (AvgIpc) is 3.04. The largest absolute Gasteiger partial charge is 0.493 e. The Balaban J connectivity index is 2.44. The highest BCUT2D eigenvalue weighted by atomic mass is 16.5. The number of benzene rings is 4. The van der Waals surface area contributed by atoms with E-state index in [0.29, 0.717) is 11.1 Å². The van der Waals surface area contributed by atoms with Gasteiger partial charge in [0.1, 0.15) is 11.2 Å². The molecule has 4 aromatic carbocycles. The lowest BCUT2D eigenvalue weighted by atomic mass is 10.0. The van der Waals surface area contributed by atoms with E-state index in [1.807, 2.05) is 0 Å². The fourth-order valence-electron chi connectivity index (χ4n) is 5.89. The van der Waals surface area contributed by atoms with Gasteiger partial charge in [0.05, 0.1) is 53.4 Å². The molecule has 0 spiro atoms. The SMILES string of the molecule is COc1cc2c(oc3c(=O)c(OC)c(C)c(=O)c3c3cc(OC)c(OC)c(C)c3oc3c(=O)c(OC)c(C)c(=O)c32)c(C)c1OC. The highest BCUT2D eigenvalue weighted by Gasteiger charge is 2.25. The van der Waals surface area contributed by atoms with Crippen molar-refractivity contribution in [2.45, 2.75) is 27.7 Å². The molecule has 0 fully saturated rings. The van der Waals surface area contributed by atoms with Crippen molar-refractivity contribution in [2.75, 3.05) is 42.7 Å². The molecule has 0 unspecified atom stereocenters. The molecule has 0 aliphatic rings. The number of aryl methyl sites for hydroxylation is 2.